The average molecular weight is 458 g/mol. The molecule has 11 heteroatoms. The maximum absolute atomic E-state index is 12.6. The quantitative estimate of drug-likeness (QED) is 0.591. The van der Waals surface area contributed by atoms with Crippen LogP contribution in [0, 0.1) is 0 Å². The number of anilines is 1. The van der Waals surface area contributed by atoms with Crippen molar-refractivity contribution in [3.05, 3.63) is 58.6 Å². The maximum atomic E-state index is 12.6. The number of nitrogens with zero attached hydrogens (tertiary/aromatic N) is 4. The predicted octanol–water partition coefficient (Wildman–Crippen LogP) is 1.18. The molecule has 0 spiro atoms. The zero-order valence-corrected chi connectivity index (χ0v) is 18.7. The van der Waals surface area contributed by atoms with E-state index in [1.807, 2.05) is 19.0 Å². The van der Waals surface area contributed by atoms with Gasteiger partial charge < -0.3 is 19.5 Å². The van der Waals surface area contributed by atoms with Crippen LogP contribution in [-0.2, 0) is 21.4 Å². The number of carbonyl (C=O) groups is 1. The highest BCUT2D eigenvalue weighted by Gasteiger charge is 2.30. The molecule has 1 N–H and O–H groups in total. The minimum atomic E-state index is -3.76. The van der Waals surface area contributed by atoms with Crippen molar-refractivity contribution in [1.29, 1.82) is 0 Å². The van der Waals surface area contributed by atoms with Crippen LogP contribution in [-0.4, -0.2) is 68.8 Å². The zero-order valence-electron chi connectivity index (χ0n) is 17.9. The molecule has 2 aromatic carbocycles. The van der Waals surface area contributed by atoms with Gasteiger partial charge in [-0.05, 0) is 44.4 Å². The fourth-order valence-corrected chi connectivity index (χ4v) is 4.76. The van der Waals surface area contributed by atoms with Crippen LogP contribution in [0.1, 0.15) is 5.56 Å². The number of sulfonamides is 1. The van der Waals surface area contributed by atoms with Crippen LogP contribution in [0.2, 0.25) is 0 Å². The molecule has 168 valence electrons. The number of nitrogens with one attached hydrogen (secondary N) is 1. The van der Waals surface area contributed by atoms with E-state index >= 15 is 0 Å². The van der Waals surface area contributed by atoms with Crippen molar-refractivity contribution >= 4 is 38.6 Å². The molecular formula is C21H23N5O5S. The number of hydrogen-bond donors (Lipinski definition) is 1. The summed E-state index contributed by atoms with van der Waals surface area (Å²) in [7, 11) is 1.66. The largest absolute Gasteiger partial charge is 0.419 e. The highest BCUT2D eigenvalue weighted by molar-refractivity contribution is 7.90. The molecule has 1 amide bonds. The lowest BCUT2D eigenvalue weighted by molar-refractivity contribution is -0.116. The third-order valence-electron chi connectivity index (χ3n) is 5.08. The zero-order chi connectivity index (χ0) is 23.0. The third-order valence-corrected chi connectivity index (χ3v) is 6.40. The molecule has 0 bridgehead atoms. The standard InChI is InChI=1S/C21H23N5O5S/c1-24(2)10-11-26-16-12-14(8-9-17(16)31-21(26)28)22-19(27)13-25(3)20-15-6-4-5-7-18(15)32(29,30)23-20/h4-9,12H,10-11,13H2,1-3H3,(H,22,27). The van der Waals surface area contributed by atoms with Crippen molar-refractivity contribution in [2.75, 3.05) is 39.5 Å². The summed E-state index contributed by atoms with van der Waals surface area (Å²) in [6.07, 6.45) is 0. The molecule has 0 unspecified atom stereocenters. The van der Waals surface area contributed by atoms with Gasteiger partial charge in [-0.3, -0.25) is 9.36 Å². The molecular weight excluding hydrogens is 434 g/mol. The summed E-state index contributed by atoms with van der Waals surface area (Å²) in [5.74, 6) is -0.593. The number of fused-ring (bicyclic) bond motifs is 2. The van der Waals surface area contributed by atoms with Crippen LogP contribution in [0.25, 0.3) is 11.1 Å². The molecule has 2 heterocycles. The summed E-state index contributed by atoms with van der Waals surface area (Å²) in [6, 6.07) is 11.5. The fraction of sp³-hybridized carbons (Fsp3) is 0.286. The van der Waals surface area contributed by atoms with Gasteiger partial charge in [-0.2, -0.15) is 8.42 Å². The molecule has 0 atom stereocenters. The molecule has 1 aliphatic heterocycles. The van der Waals surface area contributed by atoms with Gasteiger partial charge in [-0.1, -0.05) is 12.1 Å². The predicted molar refractivity (Wildman–Crippen MR) is 120 cm³/mol. The van der Waals surface area contributed by atoms with E-state index in [2.05, 4.69) is 9.71 Å². The number of hydrogen-bond acceptors (Lipinski definition) is 7. The summed E-state index contributed by atoms with van der Waals surface area (Å²) in [4.78, 5) is 28.4. The van der Waals surface area contributed by atoms with Crippen molar-refractivity contribution in [3.8, 4) is 0 Å². The first-order valence-electron chi connectivity index (χ1n) is 9.89. The van der Waals surface area contributed by atoms with Crippen molar-refractivity contribution in [1.82, 2.24) is 14.4 Å². The summed E-state index contributed by atoms with van der Waals surface area (Å²) < 4.78 is 35.1. The van der Waals surface area contributed by atoms with Crippen LogP contribution >= 0.6 is 0 Å². The second-order valence-electron chi connectivity index (χ2n) is 7.80. The average Bonchev–Trinajstić information content (AvgIpc) is 3.19. The van der Waals surface area contributed by atoms with Crippen LogP contribution < -0.4 is 11.1 Å². The monoisotopic (exact) mass is 457 g/mol. The number of rotatable bonds is 6. The molecule has 32 heavy (non-hydrogen) atoms. The third kappa shape index (κ3) is 4.16. The summed E-state index contributed by atoms with van der Waals surface area (Å²) in [6.45, 7) is 0.995. The van der Waals surface area contributed by atoms with Crippen LogP contribution in [0.4, 0.5) is 5.69 Å². The topological polar surface area (TPSA) is 117 Å². The minimum absolute atomic E-state index is 0.112. The number of oxazole rings is 1. The lowest BCUT2D eigenvalue weighted by Crippen LogP contribution is -2.34. The number of amides is 1. The Hall–Kier alpha value is -3.44. The first-order valence-corrected chi connectivity index (χ1v) is 11.3. The van der Waals surface area contributed by atoms with Gasteiger partial charge in [0.25, 0.3) is 10.0 Å². The highest BCUT2D eigenvalue weighted by atomic mass is 32.2. The SMILES string of the molecule is CN(C)CCn1c(=O)oc2ccc(NC(=O)CN(C)C3=NS(=O)(=O)c4ccccc43)cc21. The van der Waals surface area contributed by atoms with E-state index in [1.54, 1.807) is 43.4 Å². The maximum Gasteiger partial charge on any atom is 0.419 e. The number of carbonyl (C=O) groups excluding carboxylic acids is 1. The summed E-state index contributed by atoms with van der Waals surface area (Å²) >= 11 is 0. The van der Waals surface area contributed by atoms with Crippen LogP contribution in [0.15, 0.2) is 61.0 Å². The van der Waals surface area contributed by atoms with Crippen molar-refractivity contribution in [2.24, 2.45) is 4.40 Å². The first-order chi connectivity index (χ1) is 15.2. The van der Waals surface area contributed by atoms with Gasteiger partial charge in [0.2, 0.25) is 5.91 Å². The Balaban J connectivity index is 1.51. The second-order valence-corrected chi connectivity index (χ2v) is 9.37. The normalized spacial score (nSPS) is 14.4. The van der Waals surface area contributed by atoms with E-state index in [9.17, 15) is 18.0 Å². The van der Waals surface area contributed by atoms with Gasteiger partial charge in [0.1, 0.15) is 4.90 Å². The van der Waals surface area contributed by atoms with E-state index in [-0.39, 0.29) is 23.2 Å². The van der Waals surface area contributed by atoms with Gasteiger partial charge in [0, 0.05) is 31.4 Å². The van der Waals surface area contributed by atoms with Crippen LogP contribution in [0.3, 0.4) is 0 Å². The number of likely N-dealkylation sites (N-methyl/N-ethyl adjacent to an activating group) is 2. The number of aromatic nitrogens is 1. The van der Waals surface area contributed by atoms with Crippen molar-refractivity contribution in [2.45, 2.75) is 11.4 Å². The first kappa shape index (κ1) is 21.8. The summed E-state index contributed by atoms with van der Waals surface area (Å²) in [5, 5.41) is 2.78. The van der Waals surface area contributed by atoms with E-state index in [4.69, 9.17) is 4.42 Å². The highest BCUT2D eigenvalue weighted by Crippen LogP contribution is 2.27. The molecule has 0 radical (unpaired) electrons. The van der Waals surface area contributed by atoms with Gasteiger partial charge >= 0.3 is 5.76 Å². The molecule has 0 saturated heterocycles. The Morgan fingerprint density at radius 2 is 1.91 bits per heavy atom. The lowest BCUT2D eigenvalue weighted by atomic mass is 10.2. The number of benzene rings is 2. The van der Waals surface area contributed by atoms with Gasteiger partial charge in [-0.25, -0.2) is 4.79 Å². The van der Waals surface area contributed by atoms with E-state index < -0.39 is 15.8 Å². The molecule has 1 aliphatic rings. The van der Waals surface area contributed by atoms with Crippen LogP contribution in [0.5, 0.6) is 0 Å². The summed E-state index contributed by atoms with van der Waals surface area (Å²) in [5.41, 5.74) is 1.98. The Labute approximate surface area is 184 Å². The van der Waals surface area contributed by atoms with Gasteiger partial charge in [0.05, 0.1) is 12.1 Å². The van der Waals surface area contributed by atoms with E-state index in [0.717, 1.165) is 0 Å². The molecule has 3 aromatic rings. The molecule has 10 nitrogen and oxygen atoms in total. The Morgan fingerprint density at radius 1 is 1.16 bits per heavy atom. The number of amidine groups is 1. The lowest BCUT2D eigenvalue weighted by Gasteiger charge is -2.18. The fourth-order valence-electron chi connectivity index (χ4n) is 3.51. The molecule has 4 rings (SSSR count). The van der Waals surface area contributed by atoms with Crippen molar-refractivity contribution < 1.29 is 17.6 Å². The molecule has 0 aliphatic carbocycles. The second kappa shape index (κ2) is 8.24. The minimum Gasteiger partial charge on any atom is -0.408 e. The van der Waals surface area contributed by atoms with Gasteiger partial charge in [-0.15, -0.1) is 4.40 Å². The molecule has 1 aromatic heterocycles. The van der Waals surface area contributed by atoms with E-state index in [1.165, 1.54) is 15.5 Å². The molecule has 0 saturated carbocycles. The molecule has 0 fully saturated rings. The van der Waals surface area contributed by atoms with Gasteiger partial charge in [0.15, 0.2) is 11.4 Å². The smallest absolute Gasteiger partial charge is 0.408 e. The van der Waals surface area contributed by atoms with E-state index in [0.29, 0.717) is 35.4 Å². The Kier molecular flexibility index (Phi) is 5.61. The Morgan fingerprint density at radius 3 is 2.66 bits per heavy atom. The Bertz CT molecular complexity index is 1390. The van der Waals surface area contributed by atoms with Crippen molar-refractivity contribution in [3.63, 3.8) is 0 Å².